The fourth-order valence-corrected chi connectivity index (χ4v) is 4.60. The number of carbonyl (C=O) groups excluding carboxylic acids is 1. The van der Waals surface area contributed by atoms with Crippen LogP contribution in [-0.4, -0.2) is 25.2 Å². The van der Waals surface area contributed by atoms with E-state index >= 15 is 0 Å². The number of nitrogens with zero attached hydrogens (tertiary/aromatic N) is 1. The van der Waals surface area contributed by atoms with Gasteiger partial charge in [0.15, 0.2) is 0 Å². The van der Waals surface area contributed by atoms with E-state index in [9.17, 15) is 9.90 Å². The molecule has 1 amide bonds. The van der Waals surface area contributed by atoms with Gasteiger partial charge in [-0.3, -0.25) is 4.79 Å². The van der Waals surface area contributed by atoms with Crippen LogP contribution in [0, 0.1) is 0 Å². The normalized spacial score (nSPS) is 12.8. The Labute approximate surface area is 194 Å². The predicted molar refractivity (Wildman–Crippen MR) is 129 cm³/mol. The molecule has 0 radical (unpaired) electrons. The average Bonchev–Trinajstić information content (AvgIpc) is 3.39. The Balaban J connectivity index is 1.58. The van der Waals surface area contributed by atoms with Gasteiger partial charge in [0.2, 0.25) is 0 Å². The summed E-state index contributed by atoms with van der Waals surface area (Å²) in [7, 11) is 3.21. The van der Waals surface area contributed by atoms with Crippen molar-refractivity contribution in [2.75, 3.05) is 14.2 Å². The van der Waals surface area contributed by atoms with Crippen LogP contribution in [-0.2, 0) is 4.79 Å². The molecule has 4 aromatic carbocycles. The molecule has 0 atom stereocenters. The summed E-state index contributed by atoms with van der Waals surface area (Å²) in [6.07, 6.45) is 0. The van der Waals surface area contributed by atoms with Crippen LogP contribution in [0.4, 0.5) is 0 Å². The molecular formula is C28H19NO5. The van der Waals surface area contributed by atoms with Gasteiger partial charge in [0, 0.05) is 21.4 Å². The maximum absolute atomic E-state index is 12.9. The van der Waals surface area contributed by atoms with Crippen molar-refractivity contribution in [3.05, 3.63) is 88.9 Å². The molecule has 0 saturated heterocycles. The fraction of sp³-hybridized carbons (Fsp3) is 0.0714. The van der Waals surface area contributed by atoms with Gasteiger partial charge >= 0.3 is 0 Å². The quantitative estimate of drug-likeness (QED) is 0.442. The zero-order chi connectivity index (χ0) is 23.4. The first-order valence-corrected chi connectivity index (χ1v) is 10.7. The minimum atomic E-state index is -0.283. The lowest BCUT2D eigenvalue weighted by Gasteiger charge is -2.04. The number of fused-ring (bicyclic) bond motifs is 5. The van der Waals surface area contributed by atoms with Crippen molar-refractivity contribution in [3.8, 4) is 28.6 Å². The lowest BCUT2D eigenvalue weighted by molar-refractivity contribution is -0.112. The van der Waals surface area contributed by atoms with E-state index in [1.54, 1.807) is 14.2 Å². The molecule has 2 heterocycles. The lowest BCUT2D eigenvalue weighted by atomic mass is 9.99. The molecule has 6 rings (SSSR count). The average molecular weight is 449 g/mol. The zero-order valence-electron chi connectivity index (χ0n) is 18.5. The van der Waals surface area contributed by atoms with Crippen molar-refractivity contribution in [3.63, 3.8) is 0 Å². The van der Waals surface area contributed by atoms with Gasteiger partial charge in [0.05, 0.1) is 30.7 Å². The van der Waals surface area contributed by atoms with Gasteiger partial charge in [-0.15, -0.1) is 0 Å². The maximum atomic E-state index is 12.9. The molecule has 1 aromatic heterocycles. The number of aromatic hydroxyl groups is 1. The third kappa shape index (κ3) is 2.89. The van der Waals surface area contributed by atoms with E-state index in [2.05, 4.69) is 4.99 Å². The monoisotopic (exact) mass is 449 g/mol. The van der Waals surface area contributed by atoms with Crippen LogP contribution >= 0.6 is 0 Å². The molecule has 34 heavy (non-hydrogen) atoms. The van der Waals surface area contributed by atoms with E-state index in [1.807, 2.05) is 72.8 Å². The van der Waals surface area contributed by atoms with E-state index in [1.165, 1.54) is 0 Å². The summed E-state index contributed by atoms with van der Waals surface area (Å²) in [5.74, 6) is 1.01. The van der Waals surface area contributed by atoms with Crippen LogP contribution in [0.3, 0.4) is 0 Å². The number of carbonyl (C=O) groups is 1. The first-order valence-electron chi connectivity index (χ1n) is 10.7. The highest BCUT2D eigenvalue weighted by Crippen LogP contribution is 2.42. The Morgan fingerprint density at radius 1 is 0.735 bits per heavy atom. The summed E-state index contributed by atoms with van der Waals surface area (Å²) in [6, 6.07) is 22.4. The predicted octanol–water partition coefficient (Wildman–Crippen LogP) is 4.33. The van der Waals surface area contributed by atoms with Crippen molar-refractivity contribution in [2.24, 2.45) is 4.99 Å². The van der Waals surface area contributed by atoms with E-state index in [4.69, 9.17) is 13.9 Å². The molecule has 1 aliphatic rings. The first-order chi connectivity index (χ1) is 16.6. The molecule has 0 fully saturated rings. The Morgan fingerprint density at radius 2 is 1.32 bits per heavy atom. The molecule has 0 aliphatic carbocycles. The van der Waals surface area contributed by atoms with E-state index in [-0.39, 0.29) is 11.9 Å². The molecule has 0 saturated carbocycles. The molecule has 1 aliphatic heterocycles. The van der Waals surface area contributed by atoms with Crippen molar-refractivity contribution < 1.29 is 23.8 Å². The second-order valence-corrected chi connectivity index (χ2v) is 8.03. The van der Waals surface area contributed by atoms with Crippen molar-refractivity contribution in [1.82, 2.24) is 0 Å². The van der Waals surface area contributed by atoms with Gasteiger partial charge in [-0.1, -0.05) is 36.4 Å². The summed E-state index contributed by atoms with van der Waals surface area (Å²) >= 11 is 0. The molecule has 6 nitrogen and oxygen atoms in total. The zero-order valence-corrected chi connectivity index (χ0v) is 18.5. The van der Waals surface area contributed by atoms with Gasteiger partial charge in [-0.2, -0.15) is 0 Å². The topological polar surface area (TPSA) is 81.3 Å². The maximum Gasteiger partial charge on any atom is 0.291 e. The van der Waals surface area contributed by atoms with Crippen LogP contribution < -0.4 is 20.0 Å². The van der Waals surface area contributed by atoms with Crippen LogP contribution in [0.1, 0.15) is 5.56 Å². The third-order valence-corrected chi connectivity index (χ3v) is 6.26. The van der Waals surface area contributed by atoms with Gasteiger partial charge in [0.25, 0.3) is 11.9 Å². The number of amides is 1. The molecule has 1 N–H and O–H groups in total. The Morgan fingerprint density at radius 3 is 1.97 bits per heavy atom. The minimum absolute atomic E-state index is 0.160. The highest BCUT2D eigenvalue weighted by atomic mass is 16.5. The molecule has 0 unspecified atom stereocenters. The number of benzene rings is 4. The standard InChI is InChI=1S/C28H19NO5/c1-32-17-7-3-15(4-8-17)23-21-13-12-20-19(25(21)29-27(23)30)11-14-22-24(28(31)34-26(20)22)16-5-9-18(33-2)10-6-16/h3-14,31H,1-2H3. The Kier molecular flexibility index (Phi) is 4.42. The van der Waals surface area contributed by atoms with Crippen LogP contribution in [0.15, 0.2) is 82.2 Å². The second-order valence-electron chi connectivity index (χ2n) is 8.03. The largest absolute Gasteiger partial charge is 0.497 e. The van der Waals surface area contributed by atoms with Crippen molar-refractivity contribution >= 4 is 33.2 Å². The van der Waals surface area contributed by atoms with Gasteiger partial charge < -0.3 is 19.0 Å². The molecule has 0 bridgehead atoms. The highest BCUT2D eigenvalue weighted by Gasteiger charge is 2.22. The van der Waals surface area contributed by atoms with Gasteiger partial charge in [0.1, 0.15) is 17.1 Å². The van der Waals surface area contributed by atoms with Crippen LogP contribution in [0.2, 0.25) is 0 Å². The van der Waals surface area contributed by atoms with Crippen LogP contribution in [0.5, 0.6) is 17.4 Å². The number of furan rings is 1. The highest BCUT2D eigenvalue weighted by molar-refractivity contribution is 6.22. The Hall–Kier alpha value is -4.58. The van der Waals surface area contributed by atoms with Crippen LogP contribution in [0.25, 0.3) is 38.4 Å². The smallest absolute Gasteiger partial charge is 0.291 e. The number of ether oxygens (including phenoxy) is 2. The third-order valence-electron chi connectivity index (χ3n) is 6.26. The molecular weight excluding hydrogens is 430 g/mol. The summed E-state index contributed by atoms with van der Waals surface area (Å²) in [4.78, 5) is 17.2. The summed E-state index contributed by atoms with van der Waals surface area (Å²) < 4.78 is 16.3. The summed E-state index contributed by atoms with van der Waals surface area (Å²) in [6.45, 7) is 0. The molecule has 166 valence electrons. The molecule has 6 heteroatoms. The number of rotatable bonds is 4. The van der Waals surface area contributed by atoms with Gasteiger partial charge in [-0.05, 0) is 47.5 Å². The Bertz CT molecular complexity index is 1730. The summed E-state index contributed by atoms with van der Waals surface area (Å²) in [5, 5.41) is 14.4. The van der Waals surface area contributed by atoms with Gasteiger partial charge in [-0.25, -0.2) is 4.99 Å². The van der Waals surface area contributed by atoms with E-state index < -0.39 is 0 Å². The number of methoxy groups -OCH3 is 2. The van der Waals surface area contributed by atoms with E-state index in [0.717, 1.165) is 44.0 Å². The van der Waals surface area contributed by atoms with Crippen molar-refractivity contribution in [2.45, 2.75) is 0 Å². The van der Waals surface area contributed by atoms with Crippen molar-refractivity contribution in [1.29, 1.82) is 0 Å². The second kappa shape index (κ2) is 7.49. The molecule has 5 aromatic rings. The summed E-state index contributed by atoms with van der Waals surface area (Å²) in [5.41, 5.74) is 3.31. The number of hydrogen-bond donors (Lipinski definition) is 1. The minimum Gasteiger partial charge on any atom is -0.497 e. The molecule has 0 spiro atoms. The van der Waals surface area contributed by atoms with E-state index in [0.29, 0.717) is 22.1 Å². The SMILES string of the molecule is COc1ccc(C2=c3ccc4c(ccc5c(-c6ccc(OC)cc6)c(O)oc54)c3=NC2=O)cc1. The first kappa shape index (κ1) is 20.1. The fourth-order valence-electron chi connectivity index (χ4n) is 4.60. The number of hydrogen-bond acceptors (Lipinski definition) is 5. The lowest BCUT2D eigenvalue weighted by Crippen LogP contribution is -2.24.